The lowest BCUT2D eigenvalue weighted by Crippen LogP contribution is -2.53. The molecular weight excluding hydrogens is 212 g/mol. The van der Waals surface area contributed by atoms with E-state index in [9.17, 15) is 0 Å². The Bertz CT molecular complexity index is 259. The molecule has 3 heteroatoms. The number of rotatable bonds is 2. The summed E-state index contributed by atoms with van der Waals surface area (Å²) in [6.07, 6.45) is 6.74. The van der Waals surface area contributed by atoms with E-state index < -0.39 is 0 Å². The van der Waals surface area contributed by atoms with Crippen molar-refractivity contribution in [1.82, 2.24) is 10.2 Å². The van der Waals surface area contributed by atoms with Gasteiger partial charge in [-0.15, -0.1) is 0 Å². The summed E-state index contributed by atoms with van der Waals surface area (Å²) < 4.78 is 5.57. The third kappa shape index (κ3) is 2.38. The first-order chi connectivity index (χ1) is 8.24. The van der Waals surface area contributed by atoms with Gasteiger partial charge in [-0.1, -0.05) is 6.92 Å². The minimum Gasteiger partial charge on any atom is -0.381 e. The van der Waals surface area contributed by atoms with Crippen LogP contribution in [0.3, 0.4) is 0 Å². The summed E-state index contributed by atoms with van der Waals surface area (Å²) in [5.41, 5.74) is 0. The maximum absolute atomic E-state index is 5.57. The molecule has 4 atom stereocenters. The van der Waals surface area contributed by atoms with E-state index in [-0.39, 0.29) is 0 Å². The SMILES string of the molecule is CC1COCCC1N(C)C1CC2CCC(C1)N2. The molecule has 2 bridgehead atoms. The summed E-state index contributed by atoms with van der Waals surface area (Å²) in [7, 11) is 2.35. The van der Waals surface area contributed by atoms with E-state index in [4.69, 9.17) is 4.74 Å². The summed E-state index contributed by atoms with van der Waals surface area (Å²) in [5.74, 6) is 0.696. The molecule has 1 N–H and O–H groups in total. The molecule has 0 aromatic rings. The summed E-state index contributed by atoms with van der Waals surface area (Å²) in [4.78, 5) is 2.68. The summed E-state index contributed by atoms with van der Waals surface area (Å²) >= 11 is 0. The molecule has 3 rings (SSSR count). The summed E-state index contributed by atoms with van der Waals surface area (Å²) in [5, 5.41) is 3.74. The Labute approximate surface area is 105 Å². The zero-order valence-corrected chi connectivity index (χ0v) is 11.2. The highest BCUT2D eigenvalue weighted by Crippen LogP contribution is 2.32. The van der Waals surface area contributed by atoms with E-state index in [2.05, 4.69) is 24.2 Å². The normalized spacial score (nSPS) is 46.4. The highest BCUT2D eigenvalue weighted by molar-refractivity contribution is 4.96. The monoisotopic (exact) mass is 238 g/mol. The van der Waals surface area contributed by atoms with Gasteiger partial charge in [0, 0.05) is 30.8 Å². The molecule has 3 aliphatic heterocycles. The zero-order chi connectivity index (χ0) is 11.8. The van der Waals surface area contributed by atoms with Crippen LogP contribution in [0.1, 0.15) is 39.0 Å². The third-order valence-corrected chi connectivity index (χ3v) is 5.14. The van der Waals surface area contributed by atoms with Crippen molar-refractivity contribution in [2.75, 3.05) is 20.3 Å². The van der Waals surface area contributed by atoms with E-state index in [1.54, 1.807) is 0 Å². The fraction of sp³-hybridized carbons (Fsp3) is 1.00. The van der Waals surface area contributed by atoms with Crippen LogP contribution in [-0.4, -0.2) is 49.3 Å². The predicted octanol–water partition coefficient (Wildman–Crippen LogP) is 1.63. The number of piperidine rings is 1. The van der Waals surface area contributed by atoms with Crippen LogP contribution in [0.2, 0.25) is 0 Å². The Balaban J connectivity index is 1.63. The number of hydrogen-bond donors (Lipinski definition) is 1. The molecule has 17 heavy (non-hydrogen) atoms. The number of nitrogens with zero attached hydrogens (tertiary/aromatic N) is 1. The molecule has 98 valence electrons. The maximum Gasteiger partial charge on any atom is 0.0506 e. The van der Waals surface area contributed by atoms with Crippen molar-refractivity contribution in [2.45, 2.75) is 63.2 Å². The average Bonchev–Trinajstić information content (AvgIpc) is 2.68. The molecule has 0 aliphatic carbocycles. The van der Waals surface area contributed by atoms with Gasteiger partial charge in [0.1, 0.15) is 0 Å². The Morgan fingerprint density at radius 2 is 1.82 bits per heavy atom. The molecule has 3 fully saturated rings. The van der Waals surface area contributed by atoms with E-state index in [0.29, 0.717) is 5.92 Å². The third-order valence-electron chi connectivity index (χ3n) is 5.14. The van der Waals surface area contributed by atoms with Crippen molar-refractivity contribution < 1.29 is 4.74 Å². The number of hydrogen-bond acceptors (Lipinski definition) is 3. The van der Waals surface area contributed by atoms with Crippen LogP contribution in [0.25, 0.3) is 0 Å². The molecule has 4 unspecified atom stereocenters. The van der Waals surface area contributed by atoms with E-state index in [1.807, 2.05) is 0 Å². The lowest BCUT2D eigenvalue weighted by atomic mass is 9.91. The second-order valence-corrected chi connectivity index (χ2v) is 6.34. The first-order valence-electron chi connectivity index (χ1n) is 7.29. The molecule has 3 heterocycles. The lowest BCUT2D eigenvalue weighted by Gasteiger charge is -2.43. The smallest absolute Gasteiger partial charge is 0.0506 e. The Hall–Kier alpha value is -0.120. The van der Waals surface area contributed by atoms with Gasteiger partial charge in [0.05, 0.1) is 6.61 Å². The van der Waals surface area contributed by atoms with Crippen molar-refractivity contribution in [3.05, 3.63) is 0 Å². The molecule has 0 saturated carbocycles. The minimum absolute atomic E-state index is 0.696. The Morgan fingerprint density at radius 1 is 1.12 bits per heavy atom. The van der Waals surface area contributed by atoms with Gasteiger partial charge < -0.3 is 10.1 Å². The van der Waals surface area contributed by atoms with Crippen LogP contribution in [0, 0.1) is 5.92 Å². The van der Waals surface area contributed by atoms with E-state index in [0.717, 1.165) is 37.4 Å². The molecular formula is C14H26N2O. The molecule has 0 aromatic carbocycles. The Kier molecular flexibility index (Phi) is 3.42. The minimum atomic E-state index is 0.696. The summed E-state index contributed by atoms with van der Waals surface area (Å²) in [6.45, 7) is 4.25. The van der Waals surface area contributed by atoms with Gasteiger partial charge in [0.25, 0.3) is 0 Å². The van der Waals surface area contributed by atoms with Gasteiger partial charge in [-0.2, -0.15) is 0 Å². The number of fused-ring (bicyclic) bond motifs is 2. The van der Waals surface area contributed by atoms with Crippen molar-refractivity contribution >= 4 is 0 Å². The van der Waals surface area contributed by atoms with Crippen LogP contribution in [-0.2, 0) is 4.74 Å². The summed E-state index contributed by atoms with van der Waals surface area (Å²) in [6, 6.07) is 3.15. The number of nitrogens with one attached hydrogen (secondary N) is 1. The maximum atomic E-state index is 5.57. The fourth-order valence-electron chi connectivity index (χ4n) is 4.10. The van der Waals surface area contributed by atoms with Crippen molar-refractivity contribution in [2.24, 2.45) is 5.92 Å². The molecule has 0 spiro atoms. The second kappa shape index (κ2) is 4.87. The molecule has 0 radical (unpaired) electrons. The van der Waals surface area contributed by atoms with Crippen molar-refractivity contribution in [3.63, 3.8) is 0 Å². The van der Waals surface area contributed by atoms with Gasteiger partial charge in [0.2, 0.25) is 0 Å². The van der Waals surface area contributed by atoms with Gasteiger partial charge in [0.15, 0.2) is 0 Å². The highest BCUT2D eigenvalue weighted by atomic mass is 16.5. The predicted molar refractivity (Wildman–Crippen MR) is 69.1 cm³/mol. The molecule has 3 aliphatic rings. The van der Waals surface area contributed by atoms with Gasteiger partial charge in [-0.25, -0.2) is 0 Å². The van der Waals surface area contributed by atoms with Crippen molar-refractivity contribution in [1.29, 1.82) is 0 Å². The average molecular weight is 238 g/mol. The Morgan fingerprint density at radius 3 is 2.47 bits per heavy atom. The molecule has 0 aromatic heterocycles. The van der Waals surface area contributed by atoms with Crippen LogP contribution in [0.4, 0.5) is 0 Å². The first kappa shape index (κ1) is 11.9. The van der Waals surface area contributed by atoms with Crippen LogP contribution >= 0.6 is 0 Å². The van der Waals surface area contributed by atoms with Crippen LogP contribution < -0.4 is 5.32 Å². The van der Waals surface area contributed by atoms with Gasteiger partial charge >= 0.3 is 0 Å². The standard InChI is InChI=1S/C14H26N2O/c1-10-9-17-6-5-14(10)16(2)13-7-11-3-4-12(8-13)15-11/h10-15H,3-9H2,1-2H3. The molecule has 3 nitrogen and oxygen atoms in total. The quantitative estimate of drug-likeness (QED) is 0.791. The lowest BCUT2D eigenvalue weighted by molar-refractivity contribution is -0.0174. The van der Waals surface area contributed by atoms with E-state index >= 15 is 0 Å². The molecule has 0 amide bonds. The van der Waals surface area contributed by atoms with E-state index in [1.165, 1.54) is 32.1 Å². The first-order valence-corrected chi connectivity index (χ1v) is 7.29. The largest absolute Gasteiger partial charge is 0.381 e. The second-order valence-electron chi connectivity index (χ2n) is 6.34. The number of ether oxygens (including phenoxy) is 1. The van der Waals surface area contributed by atoms with Gasteiger partial charge in [-0.05, 0) is 45.1 Å². The van der Waals surface area contributed by atoms with Gasteiger partial charge in [-0.3, -0.25) is 4.90 Å². The topological polar surface area (TPSA) is 24.5 Å². The van der Waals surface area contributed by atoms with Crippen LogP contribution in [0.5, 0.6) is 0 Å². The molecule has 3 saturated heterocycles. The van der Waals surface area contributed by atoms with Crippen molar-refractivity contribution in [3.8, 4) is 0 Å². The zero-order valence-electron chi connectivity index (χ0n) is 11.2. The highest BCUT2D eigenvalue weighted by Gasteiger charge is 2.38. The fourth-order valence-corrected chi connectivity index (χ4v) is 4.10. The van der Waals surface area contributed by atoms with Crippen LogP contribution in [0.15, 0.2) is 0 Å².